The van der Waals surface area contributed by atoms with Crippen molar-refractivity contribution in [1.82, 2.24) is 0 Å². The lowest BCUT2D eigenvalue weighted by Gasteiger charge is -2.20. The van der Waals surface area contributed by atoms with E-state index >= 15 is 0 Å². The van der Waals surface area contributed by atoms with Crippen molar-refractivity contribution in [3.63, 3.8) is 0 Å². The van der Waals surface area contributed by atoms with Crippen molar-refractivity contribution in [3.8, 4) is 34.5 Å². The molecule has 0 saturated carbocycles. The number of alkyl halides is 3. The molecule has 0 unspecified atom stereocenters. The fourth-order valence-electron chi connectivity index (χ4n) is 4.01. The highest BCUT2D eigenvalue weighted by atomic mass is 19.3. The summed E-state index contributed by atoms with van der Waals surface area (Å²) in [5.74, 6) is -3.79. The molecule has 0 bridgehead atoms. The summed E-state index contributed by atoms with van der Waals surface area (Å²) in [6.45, 7) is 0.526. The smallest absolute Gasteiger partial charge is 0.432 e. The van der Waals surface area contributed by atoms with Crippen molar-refractivity contribution < 1.29 is 44.6 Å². The molecule has 41 heavy (non-hydrogen) atoms. The SMILES string of the molecule is CCCc1ccc(C#Cc2cc(F)c(C(F)(F)Oc3ccc(-c4cc(F)c(OCF)c(F)c4)c(F)c3)c(F)c2)cc1. The summed E-state index contributed by atoms with van der Waals surface area (Å²) in [4.78, 5) is 0. The Bertz CT molecular complexity index is 1580. The molecule has 10 heteroatoms. The van der Waals surface area contributed by atoms with Gasteiger partial charge in [0.15, 0.2) is 17.4 Å². The van der Waals surface area contributed by atoms with Gasteiger partial charge in [0.2, 0.25) is 6.86 Å². The van der Waals surface area contributed by atoms with Crippen LogP contribution >= 0.6 is 0 Å². The first-order valence-corrected chi connectivity index (χ1v) is 12.2. The second-order valence-corrected chi connectivity index (χ2v) is 8.79. The number of aryl methyl sites for hydroxylation is 1. The largest absolute Gasteiger partial charge is 0.457 e. The maximum absolute atomic E-state index is 14.8. The van der Waals surface area contributed by atoms with Crippen molar-refractivity contribution in [3.05, 3.63) is 118 Å². The van der Waals surface area contributed by atoms with Crippen LogP contribution in [0.3, 0.4) is 0 Å². The van der Waals surface area contributed by atoms with Crippen LogP contribution < -0.4 is 9.47 Å². The summed E-state index contributed by atoms with van der Waals surface area (Å²) in [6, 6.07) is 11.9. The minimum absolute atomic E-state index is 0.199. The fraction of sp³-hybridized carbons (Fsp3) is 0.161. The molecular formula is C31H20F8O2. The monoisotopic (exact) mass is 576 g/mol. The minimum atomic E-state index is -4.58. The maximum atomic E-state index is 14.8. The summed E-state index contributed by atoms with van der Waals surface area (Å²) in [5, 5.41) is 0. The lowest BCUT2D eigenvalue weighted by Crippen LogP contribution is -2.25. The quantitative estimate of drug-likeness (QED) is 0.154. The molecule has 0 atom stereocenters. The van der Waals surface area contributed by atoms with Gasteiger partial charge in [-0.1, -0.05) is 37.3 Å². The molecule has 0 amide bonds. The Balaban J connectivity index is 1.55. The number of halogens is 8. The lowest BCUT2D eigenvalue weighted by molar-refractivity contribution is -0.189. The number of rotatable bonds is 8. The first kappa shape index (κ1) is 29.5. The van der Waals surface area contributed by atoms with Gasteiger partial charge in [0.25, 0.3) is 0 Å². The number of hydrogen-bond acceptors (Lipinski definition) is 2. The predicted octanol–water partition coefficient (Wildman–Crippen LogP) is 8.84. The van der Waals surface area contributed by atoms with Gasteiger partial charge >= 0.3 is 6.11 Å². The lowest BCUT2D eigenvalue weighted by atomic mass is 10.0. The van der Waals surface area contributed by atoms with Gasteiger partial charge in [-0.25, -0.2) is 26.3 Å². The van der Waals surface area contributed by atoms with Gasteiger partial charge in [-0.2, -0.15) is 8.78 Å². The van der Waals surface area contributed by atoms with Crippen LogP contribution in [0.5, 0.6) is 11.5 Å². The number of ether oxygens (including phenoxy) is 2. The van der Waals surface area contributed by atoms with Crippen LogP contribution in [0.4, 0.5) is 35.1 Å². The molecule has 0 aromatic heterocycles. The second kappa shape index (κ2) is 12.3. The zero-order valence-corrected chi connectivity index (χ0v) is 21.3. The molecule has 4 aromatic rings. The minimum Gasteiger partial charge on any atom is -0.457 e. The molecule has 0 aliphatic heterocycles. The van der Waals surface area contributed by atoms with E-state index in [0.717, 1.165) is 30.5 Å². The highest BCUT2D eigenvalue weighted by Crippen LogP contribution is 2.37. The van der Waals surface area contributed by atoms with Gasteiger partial charge in [0.1, 0.15) is 28.8 Å². The number of hydrogen-bond donors (Lipinski definition) is 0. The summed E-state index contributed by atoms with van der Waals surface area (Å²) in [5.41, 5.74) is -1.04. The Kier molecular flexibility index (Phi) is 8.86. The van der Waals surface area contributed by atoms with Crippen molar-refractivity contribution in [2.75, 3.05) is 6.86 Å². The zero-order valence-electron chi connectivity index (χ0n) is 21.3. The van der Waals surface area contributed by atoms with E-state index in [0.29, 0.717) is 35.9 Å². The zero-order chi connectivity index (χ0) is 29.7. The van der Waals surface area contributed by atoms with Crippen LogP contribution in [-0.4, -0.2) is 6.86 Å². The molecular weight excluding hydrogens is 556 g/mol. The third-order valence-electron chi connectivity index (χ3n) is 5.87. The molecule has 2 nitrogen and oxygen atoms in total. The molecule has 0 spiro atoms. The summed E-state index contributed by atoms with van der Waals surface area (Å²) < 4.78 is 123. The molecule has 0 aliphatic rings. The van der Waals surface area contributed by atoms with E-state index < -0.39 is 64.7 Å². The number of benzene rings is 4. The molecule has 0 N–H and O–H groups in total. The Morgan fingerprint density at radius 1 is 0.707 bits per heavy atom. The molecule has 0 aliphatic carbocycles. The van der Waals surface area contributed by atoms with Gasteiger partial charge in [0.05, 0.1) is 0 Å². The van der Waals surface area contributed by atoms with Crippen molar-refractivity contribution in [2.24, 2.45) is 0 Å². The van der Waals surface area contributed by atoms with E-state index in [1.54, 1.807) is 12.1 Å². The van der Waals surface area contributed by atoms with Gasteiger partial charge in [-0.3, -0.25) is 0 Å². The third-order valence-corrected chi connectivity index (χ3v) is 5.87. The van der Waals surface area contributed by atoms with Gasteiger partial charge < -0.3 is 9.47 Å². The molecule has 0 saturated heterocycles. The molecule has 0 heterocycles. The van der Waals surface area contributed by atoms with Crippen molar-refractivity contribution in [2.45, 2.75) is 25.9 Å². The van der Waals surface area contributed by atoms with Crippen LogP contribution in [-0.2, 0) is 12.5 Å². The van der Waals surface area contributed by atoms with E-state index in [9.17, 15) is 35.1 Å². The van der Waals surface area contributed by atoms with Crippen molar-refractivity contribution in [1.29, 1.82) is 0 Å². The fourth-order valence-corrected chi connectivity index (χ4v) is 4.01. The highest BCUT2D eigenvalue weighted by Gasteiger charge is 2.41. The Morgan fingerprint density at radius 3 is 1.88 bits per heavy atom. The average molecular weight is 576 g/mol. The topological polar surface area (TPSA) is 18.5 Å². The van der Waals surface area contributed by atoms with Crippen LogP contribution in [0.1, 0.15) is 35.6 Å². The van der Waals surface area contributed by atoms with Gasteiger partial charge in [0, 0.05) is 22.8 Å². The Hall–Kier alpha value is -4.52. The van der Waals surface area contributed by atoms with E-state index in [2.05, 4.69) is 21.3 Å². The average Bonchev–Trinajstić information content (AvgIpc) is 2.90. The van der Waals surface area contributed by atoms with Crippen molar-refractivity contribution >= 4 is 0 Å². The maximum Gasteiger partial charge on any atom is 0.432 e. The highest BCUT2D eigenvalue weighted by molar-refractivity contribution is 5.66. The first-order valence-electron chi connectivity index (χ1n) is 12.2. The van der Waals surface area contributed by atoms with Crippen LogP contribution in [0.2, 0.25) is 0 Å². The van der Waals surface area contributed by atoms with Crippen LogP contribution in [0.15, 0.2) is 66.7 Å². The van der Waals surface area contributed by atoms with E-state index in [-0.39, 0.29) is 11.1 Å². The molecule has 4 aromatic carbocycles. The van der Waals surface area contributed by atoms with Gasteiger partial charge in [-0.15, -0.1) is 0 Å². The molecule has 212 valence electrons. The Labute approximate surface area is 230 Å². The van der Waals surface area contributed by atoms with Crippen LogP contribution in [0, 0.1) is 40.9 Å². The van der Waals surface area contributed by atoms with E-state index in [1.807, 2.05) is 19.1 Å². The molecule has 0 radical (unpaired) electrons. The van der Waals surface area contributed by atoms with E-state index in [4.69, 9.17) is 0 Å². The third kappa shape index (κ3) is 6.80. The second-order valence-electron chi connectivity index (χ2n) is 8.79. The summed E-state index contributed by atoms with van der Waals surface area (Å²) in [6.07, 6.45) is -2.74. The standard InChI is InChI=1S/C31H20F8O2/c1-2-3-18-4-6-19(7-5-18)8-9-20-12-25(34)29(26(35)13-20)31(38,39)41-22-10-11-23(24(33)16-22)21-14-27(36)30(40-17-32)28(37)15-21/h4-7,10-16H,2-3,17H2,1H3. The summed E-state index contributed by atoms with van der Waals surface area (Å²) in [7, 11) is 0. The normalized spacial score (nSPS) is 11.1. The van der Waals surface area contributed by atoms with Gasteiger partial charge in [-0.05, 0) is 66.1 Å². The summed E-state index contributed by atoms with van der Waals surface area (Å²) >= 11 is 0. The molecule has 0 fully saturated rings. The predicted molar refractivity (Wildman–Crippen MR) is 136 cm³/mol. The van der Waals surface area contributed by atoms with E-state index in [1.165, 1.54) is 0 Å². The Morgan fingerprint density at radius 2 is 1.32 bits per heavy atom. The first-order chi connectivity index (χ1) is 19.5. The van der Waals surface area contributed by atoms with Crippen LogP contribution in [0.25, 0.3) is 11.1 Å². The molecule has 4 rings (SSSR count).